The summed E-state index contributed by atoms with van der Waals surface area (Å²) in [5, 5.41) is 24.3. The topological polar surface area (TPSA) is 149 Å². The monoisotopic (exact) mass is 547 g/mol. The van der Waals surface area contributed by atoms with Crippen molar-refractivity contribution in [2.75, 3.05) is 10.6 Å². The number of tetrazole rings is 1. The van der Waals surface area contributed by atoms with Gasteiger partial charge in [0.25, 0.3) is 0 Å². The fourth-order valence-electron chi connectivity index (χ4n) is 3.63. The van der Waals surface area contributed by atoms with E-state index < -0.39 is 17.9 Å². The van der Waals surface area contributed by atoms with Gasteiger partial charge in [0.15, 0.2) is 0 Å². The molecule has 39 heavy (non-hydrogen) atoms. The molecule has 2 aromatic heterocycles. The Hall–Kier alpha value is -4.84. The number of anilines is 2. The van der Waals surface area contributed by atoms with E-state index in [9.17, 15) is 14.4 Å². The second-order valence-corrected chi connectivity index (χ2v) is 8.94. The Labute approximate surface area is 229 Å². The zero-order chi connectivity index (χ0) is 27.8. The predicted octanol–water partition coefficient (Wildman–Crippen LogP) is 2.78. The molecule has 0 saturated heterocycles. The maximum atomic E-state index is 13.2. The molecule has 0 aliphatic heterocycles. The molecule has 0 saturated carbocycles. The van der Waals surface area contributed by atoms with E-state index in [1.807, 2.05) is 0 Å². The van der Waals surface area contributed by atoms with Crippen LogP contribution in [0.3, 0.4) is 0 Å². The number of aryl methyl sites for hydroxylation is 1. The molecular formula is C26H26ClN9O3. The summed E-state index contributed by atoms with van der Waals surface area (Å²) < 4.78 is 3.07. The van der Waals surface area contributed by atoms with Crippen LogP contribution in [0.25, 0.3) is 11.8 Å². The third-order valence-electron chi connectivity index (χ3n) is 5.57. The number of hydrogen-bond acceptors (Lipinski definition) is 7. The quantitative estimate of drug-likeness (QED) is 0.258. The van der Waals surface area contributed by atoms with Crippen molar-refractivity contribution in [3.05, 3.63) is 83.4 Å². The number of nitrogens with one attached hydrogen (secondary N) is 3. The molecule has 0 radical (unpaired) electrons. The number of nitrogens with zero attached hydrogens (tertiary/aromatic N) is 6. The van der Waals surface area contributed by atoms with Crippen LogP contribution < -0.4 is 16.0 Å². The van der Waals surface area contributed by atoms with E-state index in [1.165, 1.54) is 17.1 Å². The van der Waals surface area contributed by atoms with Crippen LogP contribution >= 0.6 is 11.6 Å². The standard InChI is InChI=1S/C26H26ClN9O3/c1-3-24(37)29-19-6-8-20(9-7-19)30-26(39)22(15-21-12-13-35(2)32-21)31-25(38)11-4-17-14-18(27)5-10-23(17)36-16-28-33-34-36/h4-14,16,22H,3,15H2,1-2H3,(H,29,37)(H,30,39)(H,31,38)/b11-4+/t22-/m0/s1. The lowest BCUT2D eigenvalue weighted by Crippen LogP contribution is -2.44. The van der Waals surface area contributed by atoms with Gasteiger partial charge in [-0.15, -0.1) is 5.10 Å². The zero-order valence-electron chi connectivity index (χ0n) is 21.2. The van der Waals surface area contributed by atoms with E-state index in [1.54, 1.807) is 79.5 Å². The Morgan fingerprint density at radius 2 is 1.79 bits per heavy atom. The predicted molar refractivity (Wildman–Crippen MR) is 146 cm³/mol. The van der Waals surface area contributed by atoms with Crippen LogP contribution in [0.5, 0.6) is 0 Å². The fourth-order valence-corrected chi connectivity index (χ4v) is 3.81. The van der Waals surface area contributed by atoms with Gasteiger partial charge >= 0.3 is 0 Å². The largest absolute Gasteiger partial charge is 0.340 e. The van der Waals surface area contributed by atoms with E-state index in [4.69, 9.17) is 11.6 Å². The van der Waals surface area contributed by atoms with E-state index in [0.29, 0.717) is 39.8 Å². The highest BCUT2D eigenvalue weighted by Crippen LogP contribution is 2.20. The summed E-state index contributed by atoms with van der Waals surface area (Å²) in [4.78, 5) is 37.7. The van der Waals surface area contributed by atoms with Gasteiger partial charge in [-0.2, -0.15) is 9.78 Å². The molecule has 2 heterocycles. The molecule has 0 spiro atoms. The fraction of sp³-hybridized carbons (Fsp3) is 0.192. The molecule has 3 N–H and O–H groups in total. The number of benzene rings is 2. The Morgan fingerprint density at radius 3 is 2.44 bits per heavy atom. The van der Waals surface area contributed by atoms with Gasteiger partial charge in [-0.05, 0) is 65.0 Å². The van der Waals surface area contributed by atoms with Crippen molar-refractivity contribution in [1.29, 1.82) is 0 Å². The first kappa shape index (κ1) is 27.2. The van der Waals surface area contributed by atoms with E-state index in [2.05, 4.69) is 36.6 Å². The smallest absolute Gasteiger partial charge is 0.247 e. The maximum Gasteiger partial charge on any atom is 0.247 e. The van der Waals surface area contributed by atoms with Gasteiger partial charge in [0.1, 0.15) is 12.4 Å². The lowest BCUT2D eigenvalue weighted by Gasteiger charge is -2.17. The van der Waals surface area contributed by atoms with Crippen molar-refractivity contribution in [2.45, 2.75) is 25.8 Å². The van der Waals surface area contributed by atoms with Crippen molar-refractivity contribution >= 4 is 46.8 Å². The molecule has 4 rings (SSSR count). The third kappa shape index (κ3) is 7.58. The van der Waals surface area contributed by atoms with Gasteiger partial charge in [0, 0.05) is 54.1 Å². The van der Waals surface area contributed by atoms with E-state index >= 15 is 0 Å². The van der Waals surface area contributed by atoms with Crippen molar-refractivity contribution in [1.82, 2.24) is 35.3 Å². The second-order valence-electron chi connectivity index (χ2n) is 8.51. The molecule has 200 valence electrons. The lowest BCUT2D eigenvalue weighted by atomic mass is 10.1. The van der Waals surface area contributed by atoms with E-state index in [0.717, 1.165) is 0 Å². The summed E-state index contributed by atoms with van der Waals surface area (Å²) >= 11 is 6.15. The summed E-state index contributed by atoms with van der Waals surface area (Å²) in [5.74, 6) is -1.03. The van der Waals surface area contributed by atoms with Crippen LogP contribution in [0.2, 0.25) is 5.02 Å². The number of halogens is 1. The number of amides is 3. The second kappa shape index (κ2) is 12.6. The molecule has 13 heteroatoms. The molecule has 0 bridgehead atoms. The van der Waals surface area contributed by atoms with Crippen molar-refractivity contribution in [2.24, 2.45) is 7.05 Å². The summed E-state index contributed by atoms with van der Waals surface area (Å²) in [6, 6.07) is 12.7. The average molecular weight is 548 g/mol. The molecule has 2 aromatic carbocycles. The zero-order valence-corrected chi connectivity index (χ0v) is 22.0. The van der Waals surface area contributed by atoms with Crippen LogP contribution in [0.1, 0.15) is 24.6 Å². The molecule has 3 amide bonds. The van der Waals surface area contributed by atoms with Crippen LogP contribution in [0, 0.1) is 0 Å². The summed E-state index contributed by atoms with van der Waals surface area (Å²) in [5.41, 5.74) is 2.98. The highest BCUT2D eigenvalue weighted by Gasteiger charge is 2.22. The minimum absolute atomic E-state index is 0.110. The summed E-state index contributed by atoms with van der Waals surface area (Å²) in [6.07, 6.45) is 6.59. The first-order valence-corrected chi connectivity index (χ1v) is 12.4. The lowest BCUT2D eigenvalue weighted by molar-refractivity contribution is -0.123. The first-order valence-electron chi connectivity index (χ1n) is 12.0. The number of carbonyl (C=O) groups is 3. The first-order chi connectivity index (χ1) is 18.8. The van der Waals surface area contributed by atoms with Crippen LogP contribution in [0.4, 0.5) is 11.4 Å². The molecule has 1 atom stereocenters. The average Bonchev–Trinajstić information content (AvgIpc) is 3.60. The summed E-state index contributed by atoms with van der Waals surface area (Å²) in [6.45, 7) is 1.76. The summed E-state index contributed by atoms with van der Waals surface area (Å²) in [7, 11) is 1.77. The van der Waals surface area contributed by atoms with Crippen LogP contribution in [-0.4, -0.2) is 53.8 Å². The molecule has 0 unspecified atom stereocenters. The molecule has 12 nitrogen and oxygen atoms in total. The van der Waals surface area contributed by atoms with Crippen LogP contribution in [0.15, 0.2) is 67.1 Å². The Morgan fingerprint density at radius 1 is 1.05 bits per heavy atom. The highest BCUT2D eigenvalue weighted by molar-refractivity contribution is 6.30. The minimum Gasteiger partial charge on any atom is -0.340 e. The van der Waals surface area contributed by atoms with Crippen molar-refractivity contribution < 1.29 is 14.4 Å². The van der Waals surface area contributed by atoms with Crippen molar-refractivity contribution in [3.8, 4) is 5.69 Å². The van der Waals surface area contributed by atoms with E-state index in [-0.39, 0.29) is 12.3 Å². The number of aromatic nitrogens is 6. The normalized spacial score (nSPS) is 11.8. The van der Waals surface area contributed by atoms with Gasteiger partial charge in [-0.25, -0.2) is 0 Å². The van der Waals surface area contributed by atoms with Gasteiger partial charge in [0.2, 0.25) is 17.7 Å². The van der Waals surface area contributed by atoms with Crippen molar-refractivity contribution in [3.63, 3.8) is 0 Å². The number of rotatable bonds is 10. The Kier molecular flexibility index (Phi) is 8.79. The highest BCUT2D eigenvalue weighted by atomic mass is 35.5. The molecule has 0 aliphatic rings. The molecule has 0 fully saturated rings. The van der Waals surface area contributed by atoms with Gasteiger partial charge in [-0.1, -0.05) is 18.5 Å². The Bertz CT molecular complexity index is 1480. The maximum absolute atomic E-state index is 13.2. The van der Waals surface area contributed by atoms with Gasteiger partial charge in [0.05, 0.1) is 11.4 Å². The van der Waals surface area contributed by atoms with Gasteiger partial charge in [-0.3, -0.25) is 19.1 Å². The SMILES string of the molecule is CCC(=O)Nc1ccc(NC(=O)[C@H](Cc2ccn(C)n2)NC(=O)/C=C/c2cc(Cl)ccc2-n2cnnn2)cc1. The Balaban J connectivity index is 1.49. The van der Waals surface area contributed by atoms with Crippen LogP contribution in [-0.2, 0) is 27.9 Å². The molecule has 4 aromatic rings. The number of hydrogen-bond donors (Lipinski definition) is 3. The van der Waals surface area contributed by atoms with Gasteiger partial charge < -0.3 is 16.0 Å². The third-order valence-corrected chi connectivity index (χ3v) is 5.81. The molecule has 0 aliphatic carbocycles. The minimum atomic E-state index is -0.921. The molecular weight excluding hydrogens is 522 g/mol. The number of carbonyl (C=O) groups excluding carboxylic acids is 3.